The average Bonchev–Trinajstić information content (AvgIpc) is 3.10. The van der Waals surface area contributed by atoms with E-state index in [-0.39, 0.29) is 29.4 Å². The minimum absolute atomic E-state index is 0.0831. The van der Waals surface area contributed by atoms with Gasteiger partial charge in [-0.25, -0.2) is 31.2 Å². The SMILES string of the molecule is Cc1ccc(NNC(=O)NCc2cc(CNC(=O)NNc3ccc(S(C)(=O)=O)cc3)cc(CNC(=O)NNc3ccc(S(C)(=O)=O)cc3)c2)cc1. The van der Waals surface area contributed by atoms with E-state index in [0.29, 0.717) is 33.8 Å². The summed E-state index contributed by atoms with van der Waals surface area (Å²) in [7, 11) is -6.71. The summed E-state index contributed by atoms with van der Waals surface area (Å²) >= 11 is 0. The van der Waals surface area contributed by atoms with Gasteiger partial charge in [-0.2, -0.15) is 0 Å². The van der Waals surface area contributed by atoms with Gasteiger partial charge in [0.15, 0.2) is 19.7 Å². The molecule has 0 saturated carbocycles. The molecule has 0 radical (unpaired) electrons. The lowest BCUT2D eigenvalue weighted by molar-refractivity contribution is 0.241. The van der Waals surface area contributed by atoms with Crippen LogP contribution in [0.5, 0.6) is 0 Å². The van der Waals surface area contributed by atoms with Gasteiger partial charge < -0.3 is 16.0 Å². The molecule has 0 spiro atoms. The number of carbonyl (C=O) groups excluding carboxylic acids is 3. The van der Waals surface area contributed by atoms with Crippen molar-refractivity contribution in [2.75, 3.05) is 28.8 Å². The Labute approximate surface area is 295 Å². The molecule has 6 amide bonds. The van der Waals surface area contributed by atoms with E-state index < -0.39 is 37.8 Å². The molecule has 0 aromatic heterocycles. The van der Waals surface area contributed by atoms with Crippen LogP contribution in [0.15, 0.2) is 101 Å². The van der Waals surface area contributed by atoms with Gasteiger partial charge in [0.2, 0.25) is 0 Å². The second-order valence-electron chi connectivity index (χ2n) is 11.4. The Morgan fingerprint density at radius 3 is 1.02 bits per heavy atom. The zero-order valence-corrected chi connectivity index (χ0v) is 29.6. The third kappa shape index (κ3) is 12.8. The number of carbonyl (C=O) groups is 3. The fraction of sp³-hybridized carbons (Fsp3) is 0.182. The van der Waals surface area contributed by atoms with E-state index in [1.54, 1.807) is 18.2 Å². The first-order valence-corrected chi connectivity index (χ1v) is 19.1. The van der Waals surface area contributed by atoms with E-state index >= 15 is 0 Å². The number of amides is 6. The van der Waals surface area contributed by atoms with Crippen LogP contribution >= 0.6 is 0 Å². The second-order valence-corrected chi connectivity index (χ2v) is 15.4. The smallest absolute Gasteiger partial charge is 0.333 e. The lowest BCUT2D eigenvalue weighted by atomic mass is 10.1. The molecule has 16 nitrogen and oxygen atoms in total. The highest BCUT2D eigenvalue weighted by molar-refractivity contribution is 7.91. The molecule has 18 heteroatoms. The van der Waals surface area contributed by atoms with Gasteiger partial charge in [-0.05, 0) is 84.3 Å². The molecule has 4 aromatic rings. The Balaban J connectivity index is 1.34. The Bertz CT molecular complexity index is 1950. The predicted octanol–water partition coefficient (Wildman–Crippen LogP) is 3.28. The van der Waals surface area contributed by atoms with Crippen LogP contribution in [-0.4, -0.2) is 47.4 Å². The number of sulfone groups is 2. The third-order valence-electron chi connectivity index (χ3n) is 7.05. The van der Waals surface area contributed by atoms with E-state index in [1.165, 1.54) is 48.5 Å². The molecule has 0 saturated heterocycles. The van der Waals surface area contributed by atoms with Crippen molar-refractivity contribution in [2.45, 2.75) is 36.3 Å². The molecule has 0 aliphatic heterocycles. The number of hydrazine groups is 3. The standard InChI is InChI=1S/C33H39N9O7S2/c1-22-4-6-26(7-5-22)37-40-31(43)34-19-23-16-24(20-35-32(44)41-38-27-8-12-29(13-9-27)50(2,46)47)18-25(17-23)21-36-33(45)42-39-28-10-14-30(15-11-28)51(3,48)49/h4-18,37-39H,19-21H2,1-3H3,(H2,34,40,43)(H2,35,41,44)(H2,36,42,45). The molecule has 51 heavy (non-hydrogen) atoms. The summed E-state index contributed by atoms with van der Waals surface area (Å²) in [4.78, 5) is 37.8. The molecule has 0 unspecified atom stereocenters. The Morgan fingerprint density at radius 2 is 0.745 bits per heavy atom. The number of hydrogen-bond acceptors (Lipinski definition) is 10. The number of anilines is 3. The van der Waals surface area contributed by atoms with Crippen molar-refractivity contribution in [3.63, 3.8) is 0 Å². The molecule has 0 atom stereocenters. The maximum absolute atomic E-state index is 12.5. The first kappa shape index (κ1) is 37.8. The number of nitrogens with one attached hydrogen (secondary N) is 9. The van der Waals surface area contributed by atoms with Crippen LogP contribution in [0.1, 0.15) is 22.3 Å². The summed E-state index contributed by atoms with van der Waals surface area (Å²) in [6, 6.07) is 22.9. The minimum Gasteiger partial charge on any atom is -0.333 e. The van der Waals surface area contributed by atoms with Crippen molar-refractivity contribution in [1.29, 1.82) is 0 Å². The number of aryl methyl sites for hydroxylation is 1. The van der Waals surface area contributed by atoms with Gasteiger partial charge in [0.1, 0.15) is 0 Å². The van der Waals surface area contributed by atoms with Crippen LogP contribution in [0.4, 0.5) is 31.4 Å². The summed E-state index contributed by atoms with van der Waals surface area (Å²) in [6.07, 6.45) is 2.20. The number of benzene rings is 4. The molecule has 0 bridgehead atoms. The fourth-order valence-corrected chi connectivity index (χ4v) is 5.68. The number of hydrogen-bond donors (Lipinski definition) is 9. The highest BCUT2D eigenvalue weighted by Gasteiger charge is 2.10. The van der Waals surface area contributed by atoms with Gasteiger partial charge in [0.25, 0.3) is 0 Å². The van der Waals surface area contributed by atoms with Crippen LogP contribution in [0, 0.1) is 6.92 Å². The van der Waals surface area contributed by atoms with Crippen LogP contribution in [-0.2, 0) is 39.3 Å². The third-order valence-corrected chi connectivity index (χ3v) is 9.31. The fourth-order valence-electron chi connectivity index (χ4n) is 4.42. The zero-order chi connectivity index (χ0) is 37.0. The van der Waals surface area contributed by atoms with Crippen LogP contribution in [0.3, 0.4) is 0 Å². The lowest BCUT2D eigenvalue weighted by Gasteiger charge is -2.15. The van der Waals surface area contributed by atoms with Gasteiger partial charge in [-0.1, -0.05) is 35.9 Å². The van der Waals surface area contributed by atoms with Crippen molar-refractivity contribution in [3.05, 3.63) is 113 Å². The Morgan fingerprint density at radius 1 is 0.471 bits per heavy atom. The highest BCUT2D eigenvalue weighted by atomic mass is 32.2. The van der Waals surface area contributed by atoms with E-state index in [1.807, 2.05) is 31.2 Å². The first-order valence-electron chi connectivity index (χ1n) is 15.3. The molecule has 4 rings (SSSR count). The molecule has 0 aliphatic rings. The topological polar surface area (TPSA) is 228 Å². The summed E-state index contributed by atoms with van der Waals surface area (Å²) < 4.78 is 46.7. The van der Waals surface area contributed by atoms with Crippen LogP contribution in [0.25, 0.3) is 0 Å². The molecule has 0 aliphatic carbocycles. The molecular formula is C33H39N9O7S2. The molecular weight excluding hydrogens is 699 g/mol. The molecule has 4 aromatic carbocycles. The normalized spacial score (nSPS) is 11.0. The first-order chi connectivity index (χ1) is 24.1. The zero-order valence-electron chi connectivity index (χ0n) is 28.0. The second kappa shape index (κ2) is 17.1. The summed E-state index contributed by atoms with van der Waals surface area (Å²) in [5, 5.41) is 8.20. The monoisotopic (exact) mass is 737 g/mol. The Kier molecular flexibility index (Phi) is 12.7. The van der Waals surface area contributed by atoms with E-state index in [2.05, 4.69) is 48.5 Å². The van der Waals surface area contributed by atoms with Crippen molar-refractivity contribution in [3.8, 4) is 0 Å². The van der Waals surface area contributed by atoms with Crippen molar-refractivity contribution in [2.24, 2.45) is 0 Å². The van der Waals surface area contributed by atoms with Gasteiger partial charge in [-0.15, -0.1) is 0 Å². The summed E-state index contributed by atoms with van der Waals surface area (Å²) in [6.45, 7) is 2.24. The quantitative estimate of drug-likeness (QED) is 0.0858. The number of rotatable bonds is 14. The van der Waals surface area contributed by atoms with Gasteiger partial charge in [0, 0.05) is 32.1 Å². The van der Waals surface area contributed by atoms with Crippen molar-refractivity contribution >= 4 is 54.8 Å². The molecule has 270 valence electrons. The van der Waals surface area contributed by atoms with E-state index in [4.69, 9.17) is 0 Å². The Hall–Kier alpha value is -6.01. The molecule has 0 heterocycles. The maximum atomic E-state index is 12.5. The molecule has 0 fully saturated rings. The highest BCUT2D eigenvalue weighted by Crippen LogP contribution is 2.15. The molecule has 9 N–H and O–H groups in total. The number of urea groups is 3. The summed E-state index contributed by atoms with van der Waals surface area (Å²) in [5.41, 5.74) is 20.5. The van der Waals surface area contributed by atoms with Gasteiger partial charge in [0.05, 0.1) is 26.9 Å². The van der Waals surface area contributed by atoms with E-state index in [9.17, 15) is 31.2 Å². The minimum atomic E-state index is -3.36. The van der Waals surface area contributed by atoms with Crippen LogP contribution < -0.4 is 48.5 Å². The van der Waals surface area contributed by atoms with Crippen molar-refractivity contribution in [1.82, 2.24) is 32.2 Å². The lowest BCUT2D eigenvalue weighted by Crippen LogP contribution is -2.39. The van der Waals surface area contributed by atoms with Crippen LogP contribution in [0.2, 0.25) is 0 Å². The van der Waals surface area contributed by atoms with E-state index in [0.717, 1.165) is 18.1 Å². The average molecular weight is 738 g/mol. The van der Waals surface area contributed by atoms with Gasteiger partial charge in [-0.3, -0.25) is 32.6 Å². The summed E-state index contributed by atoms with van der Waals surface area (Å²) in [5.74, 6) is 0. The van der Waals surface area contributed by atoms with Crippen molar-refractivity contribution < 1.29 is 31.2 Å². The largest absolute Gasteiger partial charge is 0.333 e. The van der Waals surface area contributed by atoms with Gasteiger partial charge >= 0.3 is 18.1 Å². The predicted molar refractivity (Wildman–Crippen MR) is 194 cm³/mol. The maximum Gasteiger partial charge on any atom is 0.333 e.